The first-order valence-electron chi connectivity index (χ1n) is 6.01. The van der Waals surface area contributed by atoms with Crippen LogP contribution in [0.25, 0.3) is 0 Å². The SMILES string of the molecule is Cc1cc(OCC(=O)N/N=C/c2ccc(Cl)s2)ccc1Cl. The molecule has 0 saturated carbocycles. The molecular formula is C14H12Cl2N2O2S. The Hall–Kier alpha value is -1.56. The molecule has 2 rings (SSSR count). The van der Waals surface area contributed by atoms with Crippen LogP contribution in [-0.2, 0) is 4.79 Å². The molecule has 1 N–H and O–H groups in total. The van der Waals surface area contributed by atoms with Gasteiger partial charge >= 0.3 is 0 Å². The maximum absolute atomic E-state index is 11.6. The van der Waals surface area contributed by atoms with Crippen LogP contribution in [0.3, 0.4) is 0 Å². The van der Waals surface area contributed by atoms with Gasteiger partial charge in [0.15, 0.2) is 6.61 Å². The van der Waals surface area contributed by atoms with Gasteiger partial charge in [0, 0.05) is 9.90 Å². The molecule has 1 aromatic heterocycles. The van der Waals surface area contributed by atoms with Gasteiger partial charge in [-0.3, -0.25) is 4.79 Å². The Morgan fingerprint density at radius 1 is 1.38 bits per heavy atom. The minimum absolute atomic E-state index is 0.121. The minimum Gasteiger partial charge on any atom is -0.484 e. The summed E-state index contributed by atoms with van der Waals surface area (Å²) in [6, 6.07) is 8.78. The molecule has 1 heterocycles. The summed E-state index contributed by atoms with van der Waals surface area (Å²) in [6.45, 7) is 1.75. The Morgan fingerprint density at radius 3 is 2.86 bits per heavy atom. The fraction of sp³-hybridized carbons (Fsp3) is 0.143. The number of carbonyl (C=O) groups is 1. The number of nitrogens with zero attached hydrogens (tertiary/aromatic N) is 1. The lowest BCUT2D eigenvalue weighted by Gasteiger charge is -2.06. The van der Waals surface area contributed by atoms with Crippen LogP contribution in [0.15, 0.2) is 35.4 Å². The molecule has 7 heteroatoms. The third kappa shape index (κ3) is 5.04. The van der Waals surface area contributed by atoms with Gasteiger partial charge in [0.25, 0.3) is 5.91 Å². The lowest BCUT2D eigenvalue weighted by Crippen LogP contribution is -2.24. The van der Waals surface area contributed by atoms with Gasteiger partial charge in [-0.15, -0.1) is 11.3 Å². The molecule has 2 aromatic rings. The molecule has 4 nitrogen and oxygen atoms in total. The second-order valence-electron chi connectivity index (χ2n) is 4.13. The fourth-order valence-electron chi connectivity index (χ4n) is 1.45. The first-order valence-corrected chi connectivity index (χ1v) is 7.58. The second-order valence-corrected chi connectivity index (χ2v) is 6.29. The Balaban J connectivity index is 1.79. The van der Waals surface area contributed by atoms with Crippen molar-refractivity contribution in [3.8, 4) is 5.75 Å². The minimum atomic E-state index is -0.346. The molecule has 0 spiro atoms. The van der Waals surface area contributed by atoms with E-state index in [0.29, 0.717) is 15.1 Å². The molecule has 0 aliphatic rings. The third-order valence-electron chi connectivity index (χ3n) is 2.47. The number of hydrogen-bond donors (Lipinski definition) is 1. The van der Waals surface area contributed by atoms with E-state index in [2.05, 4.69) is 10.5 Å². The third-order valence-corrected chi connectivity index (χ3v) is 4.06. The highest BCUT2D eigenvalue weighted by Gasteiger charge is 2.03. The number of benzene rings is 1. The summed E-state index contributed by atoms with van der Waals surface area (Å²) in [6.07, 6.45) is 1.53. The average Bonchev–Trinajstić information content (AvgIpc) is 2.86. The standard InChI is InChI=1S/C14H12Cl2N2O2S/c1-9-6-10(2-4-12(9)15)20-8-14(19)18-17-7-11-3-5-13(16)21-11/h2-7H,8H2,1H3,(H,18,19)/b17-7+. The van der Waals surface area contributed by atoms with Crippen molar-refractivity contribution in [3.05, 3.63) is 50.1 Å². The van der Waals surface area contributed by atoms with Crippen LogP contribution in [0, 0.1) is 6.92 Å². The summed E-state index contributed by atoms with van der Waals surface area (Å²) < 4.78 is 6.02. The predicted molar refractivity (Wildman–Crippen MR) is 86.7 cm³/mol. The number of aryl methyl sites for hydroxylation is 1. The number of halogens is 2. The topological polar surface area (TPSA) is 50.7 Å². The summed E-state index contributed by atoms with van der Waals surface area (Å²) in [5.41, 5.74) is 3.27. The number of amides is 1. The number of hydrogen-bond acceptors (Lipinski definition) is 4. The van der Waals surface area contributed by atoms with Gasteiger partial charge in [-0.05, 0) is 42.8 Å². The highest BCUT2D eigenvalue weighted by Crippen LogP contribution is 2.21. The van der Waals surface area contributed by atoms with E-state index in [1.165, 1.54) is 17.6 Å². The first-order chi connectivity index (χ1) is 10.0. The van der Waals surface area contributed by atoms with Crippen LogP contribution >= 0.6 is 34.5 Å². The van der Waals surface area contributed by atoms with E-state index in [9.17, 15) is 4.79 Å². The van der Waals surface area contributed by atoms with Crippen molar-refractivity contribution in [2.75, 3.05) is 6.61 Å². The van der Waals surface area contributed by atoms with Crippen LogP contribution in [0.5, 0.6) is 5.75 Å². The lowest BCUT2D eigenvalue weighted by molar-refractivity contribution is -0.123. The Morgan fingerprint density at radius 2 is 2.19 bits per heavy atom. The van der Waals surface area contributed by atoms with Crippen LogP contribution < -0.4 is 10.2 Å². The molecule has 1 aromatic carbocycles. The molecule has 1 amide bonds. The van der Waals surface area contributed by atoms with Crippen LogP contribution in [0.1, 0.15) is 10.4 Å². The van der Waals surface area contributed by atoms with Gasteiger partial charge in [-0.1, -0.05) is 23.2 Å². The zero-order chi connectivity index (χ0) is 15.2. The quantitative estimate of drug-likeness (QED) is 0.661. The summed E-state index contributed by atoms with van der Waals surface area (Å²) in [5.74, 6) is 0.238. The van der Waals surface area contributed by atoms with Crippen molar-refractivity contribution in [1.82, 2.24) is 5.43 Å². The number of ether oxygens (including phenoxy) is 1. The number of rotatable bonds is 5. The molecule has 21 heavy (non-hydrogen) atoms. The van der Waals surface area contributed by atoms with E-state index in [0.717, 1.165) is 10.4 Å². The smallest absolute Gasteiger partial charge is 0.277 e. The van der Waals surface area contributed by atoms with Crippen molar-refractivity contribution in [2.45, 2.75) is 6.92 Å². The van der Waals surface area contributed by atoms with Crippen LogP contribution in [0.2, 0.25) is 9.36 Å². The highest BCUT2D eigenvalue weighted by molar-refractivity contribution is 7.17. The second kappa shape index (κ2) is 7.45. The molecule has 0 unspecified atom stereocenters. The molecule has 0 radical (unpaired) electrons. The predicted octanol–water partition coefficient (Wildman–Crippen LogP) is 3.89. The van der Waals surface area contributed by atoms with Gasteiger partial charge in [0.2, 0.25) is 0 Å². The molecule has 0 saturated heterocycles. The Kier molecular flexibility index (Phi) is 5.61. The van der Waals surface area contributed by atoms with Crippen LogP contribution in [-0.4, -0.2) is 18.7 Å². The molecule has 110 valence electrons. The summed E-state index contributed by atoms with van der Waals surface area (Å²) in [5, 5.41) is 4.48. The van der Waals surface area contributed by atoms with E-state index in [1.807, 2.05) is 13.0 Å². The number of hydrazone groups is 1. The van der Waals surface area contributed by atoms with E-state index in [-0.39, 0.29) is 12.5 Å². The molecule has 0 atom stereocenters. The van der Waals surface area contributed by atoms with Crippen molar-refractivity contribution in [1.29, 1.82) is 0 Å². The zero-order valence-electron chi connectivity index (χ0n) is 11.1. The van der Waals surface area contributed by atoms with Crippen molar-refractivity contribution >= 4 is 46.7 Å². The first kappa shape index (κ1) is 15.8. The van der Waals surface area contributed by atoms with Crippen LogP contribution in [0.4, 0.5) is 0 Å². The summed E-state index contributed by atoms with van der Waals surface area (Å²) >= 11 is 13.1. The van der Waals surface area contributed by atoms with Gasteiger partial charge in [0.05, 0.1) is 10.6 Å². The molecule has 0 aliphatic heterocycles. The van der Waals surface area contributed by atoms with Gasteiger partial charge in [0.1, 0.15) is 5.75 Å². The summed E-state index contributed by atoms with van der Waals surface area (Å²) in [7, 11) is 0. The van der Waals surface area contributed by atoms with Crippen molar-refractivity contribution in [2.24, 2.45) is 5.10 Å². The van der Waals surface area contributed by atoms with Gasteiger partial charge in [-0.2, -0.15) is 5.10 Å². The molecular weight excluding hydrogens is 331 g/mol. The van der Waals surface area contributed by atoms with Crippen molar-refractivity contribution in [3.63, 3.8) is 0 Å². The normalized spacial score (nSPS) is 10.8. The van der Waals surface area contributed by atoms with Crippen molar-refractivity contribution < 1.29 is 9.53 Å². The lowest BCUT2D eigenvalue weighted by atomic mass is 10.2. The van der Waals surface area contributed by atoms with E-state index >= 15 is 0 Å². The van der Waals surface area contributed by atoms with Gasteiger partial charge < -0.3 is 4.74 Å². The van der Waals surface area contributed by atoms with E-state index in [1.54, 1.807) is 24.3 Å². The highest BCUT2D eigenvalue weighted by atomic mass is 35.5. The largest absolute Gasteiger partial charge is 0.484 e. The maximum Gasteiger partial charge on any atom is 0.277 e. The number of thiophene rings is 1. The number of nitrogens with one attached hydrogen (secondary N) is 1. The average molecular weight is 343 g/mol. The summed E-state index contributed by atoms with van der Waals surface area (Å²) in [4.78, 5) is 12.4. The zero-order valence-corrected chi connectivity index (χ0v) is 13.4. The monoisotopic (exact) mass is 342 g/mol. The molecule has 0 bridgehead atoms. The van der Waals surface area contributed by atoms with E-state index in [4.69, 9.17) is 27.9 Å². The Bertz CT molecular complexity index is 671. The number of carbonyl (C=O) groups excluding carboxylic acids is 1. The Labute approximate surface area is 136 Å². The van der Waals surface area contributed by atoms with E-state index < -0.39 is 0 Å². The van der Waals surface area contributed by atoms with Gasteiger partial charge in [-0.25, -0.2) is 5.43 Å². The maximum atomic E-state index is 11.6. The molecule has 0 aliphatic carbocycles. The fourth-order valence-corrected chi connectivity index (χ4v) is 2.50. The molecule has 0 fully saturated rings.